The van der Waals surface area contributed by atoms with E-state index in [1.54, 1.807) is 24.3 Å². The number of hydrogen-bond donors (Lipinski definition) is 1. The average Bonchev–Trinajstić information content (AvgIpc) is 3.14. The van der Waals surface area contributed by atoms with Crippen LogP contribution in [0.25, 0.3) is 11.3 Å². The second kappa shape index (κ2) is 7.98. The lowest BCUT2D eigenvalue weighted by molar-refractivity contribution is 0.102. The van der Waals surface area contributed by atoms with Crippen LogP contribution in [0.1, 0.15) is 50.4 Å². The Morgan fingerprint density at radius 1 is 1.14 bits per heavy atom. The number of alkyl halides is 2. The van der Waals surface area contributed by atoms with Crippen molar-refractivity contribution in [1.82, 2.24) is 5.16 Å². The van der Waals surface area contributed by atoms with Gasteiger partial charge in [-0.15, -0.1) is 23.2 Å². The molecule has 0 aliphatic heterocycles. The number of aryl methyl sites for hydroxylation is 2. The lowest BCUT2D eigenvalue weighted by Crippen LogP contribution is -2.13. The fourth-order valence-corrected chi connectivity index (χ4v) is 3.80. The van der Waals surface area contributed by atoms with Gasteiger partial charge in [-0.05, 0) is 61.9 Å². The third kappa shape index (κ3) is 3.80. The average molecular weight is 415 g/mol. The molecule has 0 unspecified atom stereocenters. The minimum atomic E-state index is -0.671. The van der Waals surface area contributed by atoms with Gasteiger partial charge in [0.15, 0.2) is 5.76 Å². The first-order valence-electron chi connectivity index (χ1n) is 9.31. The highest BCUT2D eigenvalue weighted by molar-refractivity contribution is 6.44. The molecule has 1 N–H and O–H groups in total. The van der Waals surface area contributed by atoms with Gasteiger partial charge in [-0.25, -0.2) is 0 Å². The Morgan fingerprint density at radius 2 is 1.96 bits per heavy atom. The first-order valence-corrected chi connectivity index (χ1v) is 10.2. The maximum Gasteiger partial charge on any atom is 0.255 e. The Bertz CT molecular complexity index is 1030. The second-order valence-corrected chi connectivity index (χ2v) is 8.15. The summed E-state index contributed by atoms with van der Waals surface area (Å²) in [4.78, 5) is 12.1. The number of rotatable bonds is 4. The van der Waals surface area contributed by atoms with E-state index in [1.807, 2.05) is 25.1 Å². The summed E-state index contributed by atoms with van der Waals surface area (Å²) in [5.74, 6) is 0.593. The van der Waals surface area contributed by atoms with Crippen LogP contribution >= 0.6 is 23.2 Å². The first-order chi connectivity index (χ1) is 13.5. The highest BCUT2D eigenvalue weighted by atomic mass is 35.5. The molecule has 0 atom stereocenters. The zero-order chi connectivity index (χ0) is 19.7. The fraction of sp³-hybridized carbons (Fsp3) is 0.273. The van der Waals surface area contributed by atoms with Crippen molar-refractivity contribution in [2.24, 2.45) is 0 Å². The molecule has 3 aromatic rings. The Labute approximate surface area is 173 Å². The molecule has 4 nitrogen and oxygen atoms in total. The van der Waals surface area contributed by atoms with Crippen molar-refractivity contribution in [3.05, 3.63) is 70.4 Å². The predicted molar refractivity (Wildman–Crippen MR) is 112 cm³/mol. The summed E-state index contributed by atoms with van der Waals surface area (Å²) < 4.78 is 5.64. The summed E-state index contributed by atoms with van der Waals surface area (Å²) in [7, 11) is 0. The molecule has 28 heavy (non-hydrogen) atoms. The van der Waals surface area contributed by atoms with E-state index in [4.69, 9.17) is 27.7 Å². The Hall–Kier alpha value is -2.30. The van der Waals surface area contributed by atoms with E-state index in [2.05, 4.69) is 10.5 Å². The van der Waals surface area contributed by atoms with Crippen LogP contribution in [0, 0.1) is 6.92 Å². The van der Waals surface area contributed by atoms with E-state index in [0.29, 0.717) is 11.1 Å². The van der Waals surface area contributed by atoms with Gasteiger partial charge in [-0.2, -0.15) is 0 Å². The van der Waals surface area contributed by atoms with Gasteiger partial charge in [0, 0.05) is 22.4 Å². The number of anilines is 1. The molecule has 0 saturated heterocycles. The summed E-state index contributed by atoms with van der Waals surface area (Å²) >= 11 is 11.8. The van der Waals surface area contributed by atoms with Gasteiger partial charge in [0.2, 0.25) is 0 Å². The van der Waals surface area contributed by atoms with Crippen molar-refractivity contribution < 1.29 is 9.32 Å². The molecule has 1 aliphatic carbocycles. The van der Waals surface area contributed by atoms with Crippen LogP contribution in [0.3, 0.4) is 0 Å². The van der Waals surface area contributed by atoms with Crippen molar-refractivity contribution >= 4 is 34.8 Å². The Kier molecular flexibility index (Phi) is 5.42. The Balaban J connectivity index is 1.62. The summed E-state index contributed by atoms with van der Waals surface area (Å²) in [6.07, 6.45) is 4.25. The second-order valence-electron chi connectivity index (χ2n) is 7.05. The summed E-state index contributed by atoms with van der Waals surface area (Å²) in [6.45, 7) is 1.96. The van der Waals surface area contributed by atoms with Crippen LogP contribution in [0.5, 0.6) is 0 Å². The zero-order valence-corrected chi connectivity index (χ0v) is 17.0. The van der Waals surface area contributed by atoms with E-state index in [0.717, 1.165) is 54.0 Å². The molecule has 6 heteroatoms. The quantitative estimate of drug-likeness (QED) is 0.512. The normalized spacial score (nSPS) is 13.4. The maximum atomic E-state index is 12.7. The van der Waals surface area contributed by atoms with Gasteiger partial charge in [-0.3, -0.25) is 4.79 Å². The van der Waals surface area contributed by atoms with Gasteiger partial charge in [0.05, 0.1) is 5.69 Å². The van der Waals surface area contributed by atoms with Gasteiger partial charge in [-0.1, -0.05) is 29.4 Å². The number of fused-ring (bicyclic) bond motifs is 1. The van der Waals surface area contributed by atoms with Crippen molar-refractivity contribution in [2.45, 2.75) is 37.4 Å². The van der Waals surface area contributed by atoms with Crippen LogP contribution in [-0.2, 0) is 12.8 Å². The van der Waals surface area contributed by atoms with Crippen LogP contribution in [0.4, 0.5) is 5.69 Å². The Morgan fingerprint density at radius 3 is 2.79 bits per heavy atom. The van der Waals surface area contributed by atoms with Crippen molar-refractivity contribution in [3.63, 3.8) is 0 Å². The number of amides is 1. The predicted octanol–water partition coefficient (Wildman–Crippen LogP) is 6.26. The number of carbonyl (C=O) groups excluding carboxylic acids is 1. The zero-order valence-electron chi connectivity index (χ0n) is 15.5. The lowest BCUT2D eigenvalue weighted by Gasteiger charge is -2.12. The molecule has 0 bridgehead atoms. The van der Waals surface area contributed by atoms with Crippen LogP contribution in [0.2, 0.25) is 0 Å². The lowest BCUT2D eigenvalue weighted by atomic mass is 9.93. The number of nitrogens with one attached hydrogen (secondary N) is 1. The molecule has 1 aromatic heterocycles. The van der Waals surface area contributed by atoms with E-state index in [1.165, 1.54) is 5.56 Å². The van der Waals surface area contributed by atoms with Crippen LogP contribution in [-0.4, -0.2) is 11.1 Å². The molecule has 4 rings (SSSR count). The number of aromatic nitrogens is 1. The van der Waals surface area contributed by atoms with Crippen molar-refractivity contribution in [3.8, 4) is 11.3 Å². The molecule has 0 radical (unpaired) electrons. The largest absolute Gasteiger partial charge is 0.356 e. The van der Waals surface area contributed by atoms with Gasteiger partial charge in [0.1, 0.15) is 4.84 Å². The van der Waals surface area contributed by atoms with Gasteiger partial charge < -0.3 is 9.84 Å². The number of benzene rings is 2. The minimum absolute atomic E-state index is 0.212. The minimum Gasteiger partial charge on any atom is -0.356 e. The fourth-order valence-electron chi connectivity index (χ4n) is 3.53. The topological polar surface area (TPSA) is 55.1 Å². The van der Waals surface area contributed by atoms with E-state index >= 15 is 0 Å². The number of nitrogens with zero attached hydrogens (tertiary/aromatic N) is 1. The summed E-state index contributed by atoms with van der Waals surface area (Å²) in [6, 6.07) is 12.9. The van der Waals surface area contributed by atoms with E-state index < -0.39 is 4.84 Å². The van der Waals surface area contributed by atoms with Gasteiger partial charge in [0.25, 0.3) is 5.91 Å². The smallest absolute Gasteiger partial charge is 0.255 e. The highest BCUT2D eigenvalue weighted by Gasteiger charge is 2.21. The van der Waals surface area contributed by atoms with Crippen LogP contribution < -0.4 is 5.32 Å². The SMILES string of the molecule is Cc1ccc(-c2onc3c2CCCC3)cc1NC(=O)c1cccc(C(Cl)Cl)c1. The molecule has 0 saturated carbocycles. The molecule has 1 amide bonds. The monoisotopic (exact) mass is 414 g/mol. The van der Waals surface area contributed by atoms with Crippen LogP contribution in [0.15, 0.2) is 47.0 Å². The molecule has 0 spiro atoms. The van der Waals surface area contributed by atoms with E-state index in [-0.39, 0.29) is 5.91 Å². The third-order valence-electron chi connectivity index (χ3n) is 5.11. The van der Waals surface area contributed by atoms with E-state index in [9.17, 15) is 4.79 Å². The molecule has 1 aliphatic rings. The molecular formula is C22H20Cl2N2O2. The molecule has 2 aromatic carbocycles. The van der Waals surface area contributed by atoms with Crippen molar-refractivity contribution in [1.29, 1.82) is 0 Å². The number of halogens is 2. The van der Waals surface area contributed by atoms with Gasteiger partial charge >= 0.3 is 0 Å². The number of carbonyl (C=O) groups is 1. The summed E-state index contributed by atoms with van der Waals surface area (Å²) in [5.41, 5.74) is 6.07. The highest BCUT2D eigenvalue weighted by Crippen LogP contribution is 2.33. The van der Waals surface area contributed by atoms with Crippen molar-refractivity contribution in [2.75, 3.05) is 5.32 Å². The maximum absolute atomic E-state index is 12.7. The summed E-state index contributed by atoms with van der Waals surface area (Å²) in [5, 5.41) is 7.22. The number of hydrogen-bond acceptors (Lipinski definition) is 3. The first kappa shape index (κ1) is 19.0. The molecular weight excluding hydrogens is 395 g/mol. The molecule has 0 fully saturated rings. The molecule has 1 heterocycles. The molecule has 144 valence electrons. The third-order valence-corrected chi connectivity index (χ3v) is 5.61. The standard InChI is InChI=1S/C22H20Cl2N2O2/c1-13-9-10-14(20-17-7-2-3-8-18(17)26-28-20)12-19(13)25-22(27)16-6-4-5-15(11-16)21(23)24/h4-6,9-12,21H,2-3,7-8H2,1H3,(H,25,27).